The standard InChI is InChI=1S/C11H15N/c1-2-7-9-3-8(9)6(1)10-4-12-5-11(7)10/h1-2,6-12H,3-5H2. The molecule has 0 amide bonds. The lowest BCUT2D eigenvalue weighted by molar-refractivity contribution is 0.156. The van der Waals surface area contributed by atoms with E-state index in [9.17, 15) is 0 Å². The van der Waals surface area contributed by atoms with Gasteiger partial charge in [0.05, 0.1) is 0 Å². The number of allylic oxidation sites excluding steroid dienone is 2. The molecule has 6 atom stereocenters. The average molecular weight is 161 g/mol. The van der Waals surface area contributed by atoms with E-state index >= 15 is 0 Å². The van der Waals surface area contributed by atoms with Crippen molar-refractivity contribution in [2.45, 2.75) is 6.42 Å². The van der Waals surface area contributed by atoms with Crippen LogP contribution in [-0.4, -0.2) is 13.1 Å². The van der Waals surface area contributed by atoms with Crippen molar-refractivity contribution in [3.05, 3.63) is 12.2 Å². The Morgan fingerprint density at radius 1 is 0.833 bits per heavy atom. The second-order valence-corrected chi connectivity index (χ2v) is 5.09. The van der Waals surface area contributed by atoms with Gasteiger partial charge in [-0.2, -0.15) is 0 Å². The Bertz CT molecular complexity index is 234. The summed E-state index contributed by atoms with van der Waals surface area (Å²) in [7, 11) is 0. The summed E-state index contributed by atoms with van der Waals surface area (Å²) in [5.41, 5.74) is 0. The molecule has 1 saturated heterocycles. The smallest absolute Gasteiger partial charge is 0.00113 e. The summed E-state index contributed by atoms with van der Waals surface area (Å²) in [6, 6.07) is 0. The van der Waals surface area contributed by atoms with Gasteiger partial charge >= 0.3 is 0 Å². The van der Waals surface area contributed by atoms with Crippen LogP contribution in [0, 0.1) is 35.5 Å². The molecular weight excluding hydrogens is 146 g/mol. The van der Waals surface area contributed by atoms with Gasteiger partial charge in [0.15, 0.2) is 0 Å². The Hall–Kier alpha value is -0.300. The molecule has 1 nitrogen and oxygen atoms in total. The third-order valence-electron chi connectivity index (χ3n) is 4.73. The fourth-order valence-electron chi connectivity index (χ4n) is 4.15. The zero-order valence-corrected chi connectivity index (χ0v) is 7.24. The molecule has 64 valence electrons. The first-order valence-corrected chi connectivity index (χ1v) is 5.34. The molecule has 5 aliphatic rings. The maximum Gasteiger partial charge on any atom is -0.00113 e. The van der Waals surface area contributed by atoms with Crippen LogP contribution >= 0.6 is 0 Å². The predicted molar refractivity (Wildman–Crippen MR) is 47.6 cm³/mol. The molecule has 0 spiro atoms. The lowest BCUT2D eigenvalue weighted by Gasteiger charge is -2.40. The van der Waals surface area contributed by atoms with Gasteiger partial charge in [-0.25, -0.2) is 0 Å². The van der Waals surface area contributed by atoms with Crippen molar-refractivity contribution in [3.63, 3.8) is 0 Å². The summed E-state index contributed by atoms with van der Waals surface area (Å²) in [6.07, 6.45) is 6.62. The minimum atomic E-state index is 0.972. The highest BCUT2D eigenvalue weighted by Crippen LogP contribution is 2.63. The van der Waals surface area contributed by atoms with Gasteiger partial charge in [0, 0.05) is 0 Å². The van der Waals surface area contributed by atoms with Crippen molar-refractivity contribution in [3.8, 4) is 0 Å². The van der Waals surface area contributed by atoms with E-state index < -0.39 is 0 Å². The van der Waals surface area contributed by atoms with Crippen LogP contribution in [-0.2, 0) is 0 Å². The highest BCUT2D eigenvalue weighted by Gasteiger charge is 2.59. The summed E-state index contributed by atoms with van der Waals surface area (Å²) in [5, 5.41) is 3.57. The van der Waals surface area contributed by atoms with Gasteiger partial charge in [-0.05, 0) is 55.0 Å². The van der Waals surface area contributed by atoms with E-state index in [-0.39, 0.29) is 0 Å². The van der Waals surface area contributed by atoms with E-state index in [1.54, 1.807) is 6.42 Å². The highest BCUT2D eigenvalue weighted by atomic mass is 14.9. The van der Waals surface area contributed by atoms with Crippen LogP contribution in [0.4, 0.5) is 0 Å². The first-order chi connectivity index (χ1) is 5.95. The number of rotatable bonds is 0. The predicted octanol–water partition coefficient (Wildman–Crippen LogP) is 1.27. The summed E-state index contributed by atoms with van der Waals surface area (Å²) >= 11 is 0. The maximum absolute atomic E-state index is 3.57. The molecule has 4 aliphatic carbocycles. The minimum absolute atomic E-state index is 0.972. The fraction of sp³-hybridized carbons (Fsp3) is 0.818. The molecule has 2 saturated carbocycles. The van der Waals surface area contributed by atoms with Crippen LogP contribution in [0.2, 0.25) is 0 Å². The molecule has 0 aromatic carbocycles. The van der Waals surface area contributed by atoms with E-state index in [1.807, 2.05) is 0 Å². The van der Waals surface area contributed by atoms with Crippen molar-refractivity contribution >= 4 is 0 Å². The second kappa shape index (κ2) is 1.79. The summed E-state index contributed by atoms with van der Waals surface area (Å²) in [6.45, 7) is 2.61. The van der Waals surface area contributed by atoms with Crippen molar-refractivity contribution in [2.24, 2.45) is 35.5 Å². The third kappa shape index (κ3) is 0.545. The van der Waals surface area contributed by atoms with E-state index in [4.69, 9.17) is 0 Å². The van der Waals surface area contributed by atoms with Crippen molar-refractivity contribution in [1.82, 2.24) is 5.32 Å². The second-order valence-electron chi connectivity index (χ2n) is 5.09. The molecule has 0 aromatic heterocycles. The zero-order chi connectivity index (χ0) is 7.71. The molecule has 0 radical (unpaired) electrons. The fourth-order valence-corrected chi connectivity index (χ4v) is 4.15. The summed E-state index contributed by atoms with van der Waals surface area (Å²) in [5.74, 6) is 6.20. The van der Waals surface area contributed by atoms with Gasteiger partial charge in [-0.1, -0.05) is 12.2 Å². The van der Waals surface area contributed by atoms with Gasteiger partial charge in [-0.15, -0.1) is 0 Å². The molecular formula is C11H15N. The Morgan fingerprint density at radius 3 is 2.00 bits per heavy atom. The van der Waals surface area contributed by atoms with E-state index in [0.29, 0.717) is 0 Å². The quantitative estimate of drug-likeness (QED) is 0.528. The Balaban J connectivity index is 1.83. The van der Waals surface area contributed by atoms with Crippen LogP contribution in [0.3, 0.4) is 0 Å². The van der Waals surface area contributed by atoms with Gasteiger partial charge in [0.2, 0.25) is 0 Å². The van der Waals surface area contributed by atoms with Crippen LogP contribution in [0.1, 0.15) is 6.42 Å². The molecule has 12 heavy (non-hydrogen) atoms. The van der Waals surface area contributed by atoms with Crippen molar-refractivity contribution in [1.29, 1.82) is 0 Å². The third-order valence-corrected chi connectivity index (χ3v) is 4.73. The Morgan fingerprint density at radius 2 is 1.42 bits per heavy atom. The molecule has 0 aromatic rings. The summed E-state index contributed by atoms with van der Waals surface area (Å²) < 4.78 is 0. The first-order valence-electron chi connectivity index (χ1n) is 5.34. The van der Waals surface area contributed by atoms with Gasteiger partial charge in [-0.3, -0.25) is 0 Å². The number of nitrogens with one attached hydrogen (secondary N) is 1. The van der Waals surface area contributed by atoms with Gasteiger partial charge in [0.25, 0.3) is 0 Å². The molecule has 6 unspecified atom stereocenters. The van der Waals surface area contributed by atoms with E-state index in [1.165, 1.54) is 13.1 Å². The van der Waals surface area contributed by atoms with Crippen LogP contribution in [0.5, 0.6) is 0 Å². The van der Waals surface area contributed by atoms with Gasteiger partial charge in [0.1, 0.15) is 0 Å². The maximum atomic E-state index is 3.57. The zero-order valence-electron chi connectivity index (χ0n) is 7.24. The van der Waals surface area contributed by atoms with Crippen LogP contribution in [0.25, 0.3) is 0 Å². The molecule has 3 fully saturated rings. The SMILES string of the molecule is C1=CC2C3CNCC3C1C1CC21. The van der Waals surface area contributed by atoms with Crippen LogP contribution < -0.4 is 5.32 Å². The van der Waals surface area contributed by atoms with Crippen molar-refractivity contribution in [2.75, 3.05) is 13.1 Å². The lowest BCUT2D eigenvalue weighted by atomic mass is 9.64. The number of hydrogen-bond acceptors (Lipinski definition) is 1. The highest BCUT2D eigenvalue weighted by molar-refractivity contribution is 5.22. The van der Waals surface area contributed by atoms with Gasteiger partial charge < -0.3 is 5.32 Å². The Kier molecular flexibility index (Phi) is 0.926. The topological polar surface area (TPSA) is 12.0 Å². The molecule has 1 heteroatoms. The molecule has 5 rings (SSSR count). The van der Waals surface area contributed by atoms with Crippen LogP contribution in [0.15, 0.2) is 12.2 Å². The molecule has 1 aliphatic heterocycles. The monoisotopic (exact) mass is 161 g/mol. The molecule has 1 heterocycles. The average Bonchev–Trinajstić information content (AvgIpc) is 2.77. The lowest BCUT2D eigenvalue weighted by Crippen LogP contribution is -2.37. The number of hydrogen-bond donors (Lipinski definition) is 1. The summed E-state index contributed by atoms with van der Waals surface area (Å²) in [4.78, 5) is 0. The first kappa shape index (κ1) is 6.20. The van der Waals surface area contributed by atoms with E-state index in [2.05, 4.69) is 17.5 Å². The molecule has 1 N–H and O–H groups in total. The largest absolute Gasteiger partial charge is 0.316 e. The van der Waals surface area contributed by atoms with E-state index in [0.717, 1.165) is 35.5 Å². The Labute approximate surface area is 73.2 Å². The minimum Gasteiger partial charge on any atom is -0.316 e. The normalized spacial score (nSPS) is 64.7. The molecule has 2 bridgehead atoms. The van der Waals surface area contributed by atoms with Crippen molar-refractivity contribution < 1.29 is 0 Å².